The Kier molecular flexibility index (Phi) is 6.08. The number of amides is 1. The van der Waals surface area contributed by atoms with Gasteiger partial charge in [-0.25, -0.2) is 0 Å². The van der Waals surface area contributed by atoms with Crippen molar-refractivity contribution >= 4 is 5.91 Å². The third kappa shape index (κ3) is 4.67. The van der Waals surface area contributed by atoms with Crippen molar-refractivity contribution < 1.29 is 18.3 Å². The Labute approximate surface area is 123 Å². The van der Waals surface area contributed by atoms with Crippen molar-refractivity contribution in [3.05, 3.63) is 29.8 Å². The quantitative estimate of drug-likeness (QED) is 0.842. The standard InChI is InChI=1S/C15H22F2N2O2/c1-4-15(2,10-18)13(20)19(3)9-11-5-7-12(8-6-11)21-14(16)17/h5-8,14H,4,9-10,18H2,1-3H3. The summed E-state index contributed by atoms with van der Waals surface area (Å²) in [5.41, 5.74) is 5.94. The maximum atomic E-state index is 12.4. The van der Waals surface area contributed by atoms with E-state index in [-0.39, 0.29) is 18.2 Å². The topological polar surface area (TPSA) is 55.6 Å². The third-order valence-electron chi connectivity index (χ3n) is 3.66. The van der Waals surface area contributed by atoms with Gasteiger partial charge in [0.2, 0.25) is 5.91 Å². The van der Waals surface area contributed by atoms with Crippen LogP contribution in [0.5, 0.6) is 5.75 Å². The van der Waals surface area contributed by atoms with E-state index in [1.165, 1.54) is 12.1 Å². The lowest BCUT2D eigenvalue weighted by Gasteiger charge is -2.30. The highest BCUT2D eigenvalue weighted by Crippen LogP contribution is 2.23. The molecule has 1 rings (SSSR count). The van der Waals surface area contributed by atoms with Gasteiger partial charge < -0.3 is 15.4 Å². The molecule has 118 valence electrons. The predicted molar refractivity (Wildman–Crippen MR) is 77.0 cm³/mol. The molecule has 1 unspecified atom stereocenters. The van der Waals surface area contributed by atoms with Crippen molar-refractivity contribution in [1.29, 1.82) is 0 Å². The average Bonchev–Trinajstić information content (AvgIpc) is 2.47. The molecule has 0 saturated carbocycles. The van der Waals surface area contributed by atoms with E-state index < -0.39 is 12.0 Å². The van der Waals surface area contributed by atoms with Crippen LogP contribution < -0.4 is 10.5 Å². The molecule has 6 heteroatoms. The summed E-state index contributed by atoms with van der Waals surface area (Å²) in [6.45, 7) is 1.60. The molecule has 4 nitrogen and oxygen atoms in total. The molecular weight excluding hydrogens is 278 g/mol. The molecule has 0 aliphatic rings. The highest BCUT2D eigenvalue weighted by atomic mass is 19.3. The minimum absolute atomic E-state index is 0.0274. The summed E-state index contributed by atoms with van der Waals surface area (Å²) < 4.78 is 28.4. The predicted octanol–water partition coefficient (Wildman–Crippen LogP) is 2.62. The SMILES string of the molecule is CCC(C)(CN)C(=O)N(C)Cc1ccc(OC(F)F)cc1. The molecule has 1 atom stereocenters. The van der Waals surface area contributed by atoms with Crippen molar-refractivity contribution in [2.45, 2.75) is 33.4 Å². The molecular formula is C15H22F2N2O2. The van der Waals surface area contributed by atoms with Crippen LogP contribution in [-0.4, -0.2) is 31.0 Å². The number of rotatable bonds is 7. The number of hydrogen-bond acceptors (Lipinski definition) is 3. The Balaban J connectivity index is 2.70. The fraction of sp³-hybridized carbons (Fsp3) is 0.533. The molecule has 0 aromatic heterocycles. The van der Waals surface area contributed by atoms with Gasteiger partial charge >= 0.3 is 6.61 Å². The van der Waals surface area contributed by atoms with Gasteiger partial charge in [-0.2, -0.15) is 8.78 Å². The van der Waals surface area contributed by atoms with Gasteiger partial charge in [0.05, 0.1) is 5.41 Å². The molecule has 1 aromatic rings. The van der Waals surface area contributed by atoms with Crippen molar-refractivity contribution in [3.8, 4) is 5.75 Å². The minimum atomic E-state index is -2.84. The first-order chi connectivity index (χ1) is 9.82. The van der Waals surface area contributed by atoms with E-state index in [0.29, 0.717) is 13.0 Å². The highest BCUT2D eigenvalue weighted by molar-refractivity contribution is 5.82. The number of hydrogen-bond donors (Lipinski definition) is 1. The van der Waals surface area contributed by atoms with Crippen LogP contribution in [0.2, 0.25) is 0 Å². The van der Waals surface area contributed by atoms with Gasteiger partial charge in [0.15, 0.2) is 0 Å². The summed E-state index contributed by atoms with van der Waals surface area (Å²) in [6.07, 6.45) is 0.661. The number of carbonyl (C=O) groups is 1. The number of nitrogens with zero attached hydrogens (tertiary/aromatic N) is 1. The van der Waals surface area contributed by atoms with E-state index >= 15 is 0 Å². The molecule has 1 aromatic carbocycles. The van der Waals surface area contributed by atoms with Gasteiger partial charge in [0, 0.05) is 20.1 Å². The summed E-state index contributed by atoms with van der Waals surface area (Å²) in [4.78, 5) is 14.0. The lowest BCUT2D eigenvalue weighted by molar-refractivity contribution is -0.140. The number of carbonyl (C=O) groups excluding carboxylic acids is 1. The van der Waals surface area contributed by atoms with E-state index in [0.717, 1.165) is 5.56 Å². The van der Waals surface area contributed by atoms with E-state index in [2.05, 4.69) is 4.74 Å². The van der Waals surface area contributed by atoms with Crippen molar-refractivity contribution in [3.63, 3.8) is 0 Å². The maximum Gasteiger partial charge on any atom is 0.387 e. The van der Waals surface area contributed by atoms with Gasteiger partial charge in [-0.3, -0.25) is 4.79 Å². The van der Waals surface area contributed by atoms with E-state index in [1.54, 1.807) is 24.1 Å². The lowest BCUT2D eigenvalue weighted by atomic mass is 9.86. The zero-order chi connectivity index (χ0) is 16.0. The van der Waals surface area contributed by atoms with Crippen LogP contribution in [0.15, 0.2) is 24.3 Å². The number of alkyl halides is 2. The van der Waals surface area contributed by atoms with Gasteiger partial charge in [0.25, 0.3) is 0 Å². The molecule has 0 saturated heterocycles. The molecule has 21 heavy (non-hydrogen) atoms. The fourth-order valence-electron chi connectivity index (χ4n) is 1.97. The maximum absolute atomic E-state index is 12.4. The Bertz CT molecular complexity index is 459. The van der Waals surface area contributed by atoms with Gasteiger partial charge in [0.1, 0.15) is 5.75 Å². The smallest absolute Gasteiger partial charge is 0.387 e. The van der Waals surface area contributed by atoms with Crippen molar-refractivity contribution in [2.24, 2.45) is 11.1 Å². The van der Waals surface area contributed by atoms with Crippen LogP contribution in [-0.2, 0) is 11.3 Å². The normalized spacial score (nSPS) is 13.9. The molecule has 0 spiro atoms. The van der Waals surface area contributed by atoms with Crippen molar-refractivity contribution in [2.75, 3.05) is 13.6 Å². The summed E-state index contributed by atoms with van der Waals surface area (Å²) in [5, 5.41) is 0. The number of nitrogens with two attached hydrogens (primary N) is 1. The van der Waals surface area contributed by atoms with Gasteiger partial charge in [-0.05, 0) is 31.0 Å². The molecule has 2 N–H and O–H groups in total. The van der Waals surface area contributed by atoms with Gasteiger partial charge in [-0.1, -0.05) is 19.1 Å². The third-order valence-corrected chi connectivity index (χ3v) is 3.66. The first-order valence-electron chi connectivity index (χ1n) is 6.81. The Hall–Kier alpha value is -1.69. The zero-order valence-electron chi connectivity index (χ0n) is 12.6. The molecule has 0 radical (unpaired) electrons. The molecule has 0 bridgehead atoms. The Morgan fingerprint density at radius 1 is 1.38 bits per heavy atom. The summed E-state index contributed by atoms with van der Waals surface area (Å²) in [5.74, 6) is 0.0727. The number of halogens is 2. The fourth-order valence-corrected chi connectivity index (χ4v) is 1.97. The van der Waals surface area contributed by atoms with E-state index in [9.17, 15) is 13.6 Å². The lowest BCUT2D eigenvalue weighted by Crippen LogP contribution is -2.44. The van der Waals surface area contributed by atoms with Crippen LogP contribution in [0.25, 0.3) is 0 Å². The number of benzene rings is 1. The van der Waals surface area contributed by atoms with Crippen LogP contribution in [0.4, 0.5) is 8.78 Å². The molecule has 0 fully saturated rings. The van der Waals surface area contributed by atoms with Crippen LogP contribution in [0, 0.1) is 5.41 Å². The minimum Gasteiger partial charge on any atom is -0.435 e. The molecule has 0 aliphatic carbocycles. The second-order valence-corrected chi connectivity index (χ2v) is 5.30. The Morgan fingerprint density at radius 2 is 1.95 bits per heavy atom. The van der Waals surface area contributed by atoms with E-state index in [4.69, 9.17) is 5.73 Å². The number of ether oxygens (including phenoxy) is 1. The largest absolute Gasteiger partial charge is 0.435 e. The average molecular weight is 300 g/mol. The van der Waals surface area contributed by atoms with Crippen LogP contribution in [0.1, 0.15) is 25.8 Å². The zero-order valence-corrected chi connectivity index (χ0v) is 12.6. The first kappa shape index (κ1) is 17.4. The second-order valence-electron chi connectivity index (χ2n) is 5.30. The first-order valence-corrected chi connectivity index (χ1v) is 6.81. The van der Waals surface area contributed by atoms with E-state index in [1.807, 2.05) is 13.8 Å². The summed E-state index contributed by atoms with van der Waals surface area (Å²) in [6, 6.07) is 6.24. The molecule has 1 amide bonds. The highest BCUT2D eigenvalue weighted by Gasteiger charge is 2.32. The summed E-state index contributed by atoms with van der Waals surface area (Å²) >= 11 is 0. The molecule has 0 aliphatic heterocycles. The second kappa shape index (κ2) is 7.36. The molecule has 0 heterocycles. The monoisotopic (exact) mass is 300 g/mol. The van der Waals surface area contributed by atoms with Gasteiger partial charge in [-0.15, -0.1) is 0 Å². The van der Waals surface area contributed by atoms with Crippen LogP contribution in [0.3, 0.4) is 0 Å². The summed E-state index contributed by atoms with van der Waals surface area (Å²) in [7, 11) is 1.70. The van der Waals surface area contributed by atoms with Crippen molar-refractivity contribution in [1.82, 2.24) is 4.90 Å². The Morgan fingerprint density at radius 3 is 2.38 bits per heavy atom. The van der Waals surface area contributed by atoms with Crippen LogP contribution >= 0.6 is 0 Å².